The van der Waals surface area contributed by atoms with Gasteiger partial charge in [-0.3, -0.25) is 14.0 Å². The van der Waals surface area contributed by atoms with E-state index < -0.39 is 30.1 Å². The van der Waals surface area contributed by atoms with Gasteiger partial charge in [0.15, 0.2) is 17.3 Å². The Kier molecular flexibility index (Phi) is 5.19. The van der Waals surface area contributed by atoms with Gasteiger partial charge in [0.2, 0.25) is 5.91 Å². The molecule has 0 radical (unpaired) electrons. The predicted octanol–water partition coefficient (Wildman–Crippen LogP) is 3.38. The van der Waals surface area contributed by atoms with Crippen molar-refractivity contribution in [1.82, 2.24) is 29.6 Å². The molecule has 1 saturated heterocycles. The van der Waals surface area contributed by atoms with Crippen LogP contribution < -0.4 is 10.6 Å². The molecule has 0 aromatic carbocycles. The van der Waals surface area contributed by atoms with Crippen molar-refractivity contribution < 1.29 is 22.4 Å². The maximum absolute atomic E-state index is 14.7. The maximum atomic E-state index is 14.7. The fourth-order valence-corrected chi connectivity index (χ4v) is 4.64. The number of piperidine rings is 1. The minimum absolute atomic E-state index is 0.0349. The number of nitrogens with zero attached hydrogens (tertiary/aromatic N) is 5. The fourth-order valence-electron chi connectivity index (χ4n) is 4.64. The third-order valence-corrected chi connectivity index (χ3v) is 6.20. The number of hydrogen-bond donors (Lipinski definition) is 2. The van der Waals surface area contributed by atoms with Crippen LogP contribution in [-0.4, -0.2) is 36.3 Å². The van der Waals surface area contributed by atoms with Crippen molar-refractivity contribution in [1.29, 1.82) is 0 Å². The molecule has 3 aromatic rings. The first-order chi connectivity index (χ1) is 15.7. The Balaban J connectivity index is 1.26. The lowest BCUT2D eigenvalue weighted by Crippen LogP contribution is -2.28. The van der Waals surface area contributed by atoms with E-state index in [0.717, 1.165) is 35.4 Å². The number of aromatic nitrogens is 5. The Morgan fingerprint density at radius 3 is 2.73 bits per heavy atom. The highest BCUT2D eigenvalue weighted by atomic mass is 19.4. The van der Waals surface area contributed by atoms with Crippen LogP contribution in [0.3, 0.4) is 0 Å². The van der Waals surface area contributed by atoms with Gasteiger partial charge < -0.3 is 10.6 Å². The Labute approximate surface area is 186 Å². The summed E-state index contributed by atoms with van der Waals surface area (Å²) in [6, 6.07) is 2.64. The van der Waals surface area contributed by atoms with E-state index in [9.17, 15) is 22.4 Å². The molecular formula is C21H21F4N7O. The number of pyridine rings is 1. The summed E-state index contributed by atoms with van der Waals surface area (Å²) in [5.41, 5.74) is 0.0222. The van der Waals surface area contributed by atoms with Crippen LogP contribution >= 0.6 is 0 Å². The largest absolute Gasteiger partial charge is 0.435 e. The Bertz CT molecular complexity index is 1200. The first-order valence-corrected chi connectivity index (χ1v) is 10.5. The Hall–Kier alpha value is -3.28. The third kappa shape index (κ3) is 4.22. The van der Waals surface area contributed by atoms with Gasteiger partial charge in [0.05, 0.1) is 23.6 Å². The lowest BCUT2D eigenvalue weighted by Gasteiger charge is -2.21. The number of alkyl halides is 3. The summed E-state index contributed by atoms with van der Waals surface area (Å²) in [5.74, 6) is -0.754. The second-order valence-electron chi connectivity index (χ2n) is 8.52. The molecular weight excluding hydrogens is 442 g/mol. The Morgan fingerprint density at radius 1 is 1.27 bits per heavy atom. The monoisotopic (exact) mass is 463 g/mol. The van der Waals surface area contributed by atoms with E-state index in [-0.39, 0.29) is 23.2 Å². The highest BCUT2D eigenvalue weighted by molar-refractivity contribution is 5.90. The summed E-state index contributed by atoms with van der Waals surface area (Å²) in [6.07, 6.45) is 3.40. The van der Waals surface area contributed by atoms with Gasteiger partial charge in [-0.05, 0) is 38.2 Å². The number of halogens is 4. The number of hydrogen-bond acceptors (Lipinski definition) is 5. The standard InChI is InChI=1S/C21H21F4N7O/c1-11-4-17(21(23,24)25)30-32(11)9-18(33)28-14-6-15(22)20(26-7-14)31-8-16(27-10-31)19-12-2-3-13(5-12)29-19/h4,6-8,10,12-13,19,29H,2-3,5,9H2,1H3,(H,28,33)/t12-,13+,19+/m1/s1. The summed E-state index contributed by atoms with van der Waals surface area (Å²) in [5, 5.41) is 9.39. The van der Waals surface area contributed by atoms with Crippen LogP contribution in [-0.2, 0) is 17.5 Å². The van der Waals surface area contributed by atoms with Gasteiger partial charge in [0.25, 0.3) is 0 Å². The fraction of sp³-hybridized carbons (Fsp3) is 0.429. The second-order valence-corrected chi connectivity index (χ2v) is 8.52. The van der Waals surface area contributed by atoms with Crippen molar-refractivity contribution in [3.8, 4) is 5.82 Å². The van der Waals surface area contributed by atoms with Crippen molar-refractivity contribution >= 4 is 11.6 Å². The van der Waals surface area contributed by atoms with Gasteiger partial charge in [-0.2, -0.15) is 18.3 Å². The molecule has 2 fully saturated rings. The zero-order valence-corrected chi connectivity index (χ0v) is 17.6. The van der Waals surface area contributed by atoms with E-state index in [1.54, 1.807) is 6.20 Å². The smallest absolute Gasteiger partial charge is 0.323 e. The number of amides is 1. The SMILES string of the molecule is Cc1cc(C(F)(F)F)nn1CC(=O)Nc1cnc(-n2cnc([C@H]3N[C@H]4CC[C@@H]3C4)c2)c(F)c1. The molecule has 174 valence electrons. The summed E-state index contributed by atoms with van der Waals surface area (Å²) in [4.78, 5) is 20.8. The quantitative estimate of drug-likeness (QED) is 0.567. The maximum Gasteiger partial charge on any atom is 0.435 e. The molecule has 3 aromatic heterocycles. The molecule has 1 saturated carbocycles. The average Bonchev–Trinajstić information content (AvgIpc) is 3.52. The van der Waals surface area contributed by atoms with Gasteiger partial charge in [0.1, 0.15) is 12.9 Å². The van der Waals surface area contributed by atoms with Gasteiger partial charge >= 0.3 is 6.18 Å². The number of aryl methyl sites for hydroxylation is 1. The molecule has 4 heterocycles. The molecule has 1 aliphatic carbocycles. The molecule has 3 atom stereocenters. The number of carbonyl (C=O) groups excluding carboxylic acids is 1. The minimum Gasteiger partial charge on any atom is -0.323 e. The molecule has 0 unspecified atom stereocenters. The van der Waals surface area contributed by atoms with E-state index >= 15 is 0 Å². The highest BCUT2D eigenvalue weighted by Gasteiger charge is 2.40. The molecule has 1 aliphatic heterocycles. The summed E-state index contributed by atoms with van der Waals surface area (Å²) >= 11 is 0. The first kappa shape index (κ1) is 21.6. The first-order valence-electron chi connectivity index (χ1n) is 10.5. The van der Waals surface area contributed by atoms with Gasteiger partial charge in [0, 0.05) is 24.0 Å². The molecule has 8 nitrogen and oxygen atoms in total. The topological polar surface area (TPSA) is 89.7 Å². The lowest BCUT2D eigenvalue weighted by molar-refractivity contribution is -0.141. The average molecular weight is 463 g/mol. The van der Waals surface area contributed by atoms with Crippen LogP contribution in [0.1, 0.15) is 42.4 Å². The molecule has 2 N–H and O–H groups in total. The number of rotatable bonds is 5. The molecule has 0 spiro atoms. The third-order valence-electron chi connectivity index (χ3n) is 6.20. The summed E-state index contributed by atoms with van der Waals surface area (Å²) < 4.78 is 55.5. The molecule has 33 heavy (non-hydrogen) atoms. The Morgan fingerprint density at radius 2 is 2.09 bits per heavy atom. The van der Waals surface area contributed by atoms with Crippen molar-refractivity contribution in [3.63, 3.8) is 0 Å². The van der Waals surface area contributed by atoms with Crippen molar-refractivity contribution in [2.75, 3.05) is 5.32 Å². The zero-order valence-electron chi connectivity index (χ0n) is 17.6. The predicted molar refractivity (Wildman–Crippen MR) is 109 cm³/mol. The van der Waals surface area contributed by atoms with Gasteiger partial charge in [-0.25, -0.2) is 14.4 Å². The van der Waals surface area contributed by atoms with Gasteiger partial charge in [-0.15, -0.1) is 0 Å². The summed E-state index contributed by atoms with van der Waals surface area (Å²) in [7, 11) is 0. The normalized spacial score (nSPS) is 22.2. The van der Waals surface area contributed by atoms with Crippen LogP contribution in [0.5, 0.6) is 0 Å². The molecule has 1 amide bonds. The molecule has 2 aliphatic rings. The van der Waals surface area contributed by atoms with E-state index in [1.165, 1.54) is 30.4 Å². The number of fused-ring (bicyclic) bond motifs is 2. The van der Waals surface area contributed by atoms with E-state index in [2.05, 4.69) is 25.7 Å². The lowest BCUT2D eigenvalue weighted by atomic mass is 9.98. The molecule has 5 rings (SSSR count). The van der Waals surface area contributed by atoms with Crippen molar-refractivity contribution in [2.45, 2.75) is 51.0 Å². The van der Waals surface area contributed by atoms with Crippen molar-refractivity contribution in [3.05, 3.63) is 53.8 Å². The zero-order chi connectivity index (χ0) is 23.3. The van der Waals surface area contributed by atoms with Crippen LogP contribution in [0, 0.1) is 18.7 Å². The van der Waals surface area contributed by atoms with E-state index in [0.29, 0.717) is 12.0 Å². The number of carbonyl (C=O) groups is 1. The minimum atomic E-state index is -4.60. The van der Waals surface area contributed by atoms with Crippen LogP contribution in [0.2, 0.25) is 0 Å². The van der Waals surface area contributed by atoms with Crippen molar-refractivity contribution in [2.24, 2.45) is 5.92 Å². The molecule has 12 heteroatoms. The molecule has 2 bridgehead atoms. The highest BCUT2D eigenvalue weighted by Crippen LogP contribution is 2.42. The van der Waals surface area contributed by atoms with Crippen LogP contribution in [0.25, 0.3) is 5.82 Å². The number of nitrogens with one attached hydrogen (secondary N) is 2. The number of anilines is 1. The van der Waals surface area contributed by atoms with Gasteiger partial charge in [-0.1, -0.05) is 0 Å². The van der Waals surface area contributed by atoms with E-state index in [1.807, 2.05) is 0 Å². The summed E-state index contributed by atoms with van der Waals surface area (Å²) in [6.45, 7) is 0.962. The second kappa shape index (κ2) is 7.94. The number of imidazole rings is 1. The van der Waals surface area contributed by atoms with E-state index in [4.69, 9.17) is 0 Å². The van der Waals surface area contributed by atoms with Crippen LogP contribution in [0.4, 0.5) is 23.2 Å². The van der Waals surface area contributed by atoms with Crippen LogP contribution in [0.15, 0.2) is 30.9 Å².